The second-order valence-corrected chi connectivity index (χ2v) is 16.0. The Hall–Kier alpha value is -2.69. The molecule has 3 fully saturated rings. The van der Waals surface area contributed by atoms with Crippen molar-refractivity contribution in [1.29, 1.82) is 0 Å². The summed E-state index contributed by atoms with van der Waals surface area (Å²) in [6, 6.07) is 0. The zero-order valence-electron chi connectivity index (χ0n) is 33.0. The molecule has 4 N–H and O–H groups in total. The van der Waals surface area contributed by atoms with E-state index in [1.807, 2.05) is 0 Å². The van der Waals surface area contributed by atoms with Gasteiger partial charge in [-0.2, -0.15) is 0 Å². The van der Waals surface area contributed by atoms with Gasteiger partial charge >= 0.3 is 17.9 Å². The Morgan fingerprint density at radius 1 is 1.00 bits per heavy atom. The molecule has 6 bridgehead atoms. The molecule has 0 amide bonds. The monoisotopic (exact) mass is 780 g/mol. The first-order valence-corrected chi connectivity index (χ1v) is 20.0. The van der Waals surface area contributed by atoms with Gasteiger partial charge in [-0.3, -0.25) is 9.59 Å². The van der Waals surface area contributed by atoms with E-state index >= 15 is 0 Å². The number of aliphatic hydroxyl groups excluding tert-OH is 2. The maximum atomic E-state index is 13.4. The normalized spacial score (nSPS) is 37.2. The first-order valence-electron chi connectivity index (χ1n) is 20.0. The van der Waals surface area contributed by atoms with Crippen molar-refractivity contribution < 1.29 is 68.0 Å². The number of aliphatic hydroxyl groups is 4. The molecule has 4 heterocycles. The molecule has 14 nitrogen and oxygen atoms in total. The summed E-state index contributed by atoms with van der Waals surface area (Å²) >= 11 is 0. The molecule has 312 valence electrons. The second kappa shape index (κ2) is 20.6. The quantitative estimate of drug-likeness (QED) is 0.0747. The van der Waals surface area contributed by atoms with Crippen molar-refractivity contribution in [2.45, 2.75) is 184 Å². The molecule has 0 unspecified atom stereocenters. The average Bonchev–Trinajstić information content (AvgIpc) is 3.11. The van der Waals surface area contributed by atoms with Gasteiger partial charge in [0.05, 0.1) is 50.7 Å². The highest BCUT2D eigenvalue weighted by Gasteiger charge is 2.57. The van der Waals surface area contributed by atoms with Crippen LogP contribution in [-0.4, -0.2) is 113 Å². The van der Waals surface area contributed by atoms with Crippen LogP contribution in [0.2, 0.25) is 0 Å². The van der Waals surface area contributed by atoms with E-state index in [1.54, 1.807) is 32.1 Å². The third-order valence-electron chi connectivity index (χ3n) is 10.9. The van der Waals surface area contributed by atoms with Gasteiger partial charge in [-0.25, -0.2) is 4.79 Å². The summed E-state index contributed by atoms with van der Waals surface area (Å²) in [4.78, 5) is 39.1. The van der Waals surface area contributed by atoms with E-state index in [0.717, 1.165) is 31.8 Å². The molecule has 4 aliphatic heterocycles. The molecule has 55 heavy (non-hydrogen) atoms. The molecule has 0 saturated carbocycles. The summed E-state index contributed by atoms with van der Waals surface area (Å²) < 4.78 is 41.7. The van der Waals surface area contributed by atoms with Gasteiger partial charge in [0.2, 0.25) is 5.79 Å². The number of cyclic esters (lactones) is 1. The molecular weight excluding hydrogens is 716 g/mol. The van der Waals surface area contributed by atoms with Crippen LogP contribution in [0.5, 0.6) is 0 Å². The molecule has 0 radical (unpaired) electrons. The smallest absolute Gasteiger partial charge is 0.330 e. The lowest BCUT2D eigenvalue weighted by molar-refractivity contribution is -0.327. The van der Waals surface area contributed by atoms with E-state index < -0.39 is 84.4 Å². The Morgan fingerprint density at radius 3 is 2.45 bits per heavy atom. The van der Waals surface area contributed by atoms with Crippen LogP contribution < -0.4 is 0 Å². The zero-order chi connectivity index (χ0) is 40.2. The van der Waals surface area contributed by atoms with Crippen molar-refractivity contribution in [3.05, 3.63) is 36.5 Å². The fourth-order valence-corrected chi connectivity index (χ4v) is 7.95. The Kier molecular flexibility index (Phi) is 16.9. The van der Waals surface area contributed by atoms with Crippen molar-refractivity contribution in [3.63, 3.8) is 0 Å². The van der Waals surface area contributed by atoms with Crippen LogP contribution >= 0.6 is 0 Å². The number of carbonyl (C=O) groups is 3. The van der Waals surface area contributed by atoms with Crippen LogP contribution in [0, 0.1) is 5.41 Å². The second-order valence-electron chi connectivity index (χ2n) is 16.0. The number of ether oxygens (including phenoxy) is 7. The van der Waals surface area contributed by atoms with E-state index in [0.29, 0.717) is 38.5 Å². The van der Waals surface area contributed by atoms with Crippen LogP contribution in [0.1, 0.15) is 124 Å². The van der Waals surface area contributed by atoms with Gasteiger partial charge in [-0.1, -0.05) is 58.6 Å². The Balaban J connectivity index is 1.74. The lowest BCUT2D eigenvalue weighted by Crippen LogP contribution is -2.62. The summed E-state index contributed by atoms with van der Waals surface area (Å²) in [6.45, 7) is 8.70. The lowest BCUT2D eigenvalue weighted by Gasteiger charge is -2.51. The number of methoxy groups -OCH3 is 1. The fraction of sp³-hybridized carbons (Fsp3) is 0.780. The number of hydrogen-bond acceptors (Lipinski definition) is 14. The Labute approximate surface area is 325 Å². The molecule has 0 spiro atoms. The van der Waals surface area contributed by atoms with E-state index in [4.69, 9.17) is 33.2 Å². The number of fused-ring (bicyclic) bond motifs is 6. The Bertz CT molecular complexity index is 1350. The number of carbonyl (C=O) groups excluding carboxylic acids is 3. The van der Waals surface area contributed by atoms with Crippen LogP contribution in [0.4, 0.5) is 0 Å². The molecule has 4 rings (SSSR count). The summed E-state index contributed by atoms with van der Waals surface area (Å²) in [6.07, 6.45) is 5.99. The summed E-state index contributed by atoms with van der Waals surface area (Å²) in [5.74, 6) is -5.97. The third kappa shape index (κ3) is 12.9. The molecule has 0 aromatic heterocycles. The third-order valence-corrected chi connectivity index (χ3v) is 10.9. The minimum Gasteiger partial charge on any atom is -0.466 e. The molecule has 0 aromatic carbocycles. The fourth-order valence-electron chi connectivity index (χ4n) is 7.95. The maximum Gasteiger partial charge on any atom is 0.330 e. The van der Waals surface area contributed by atoms with Gasteiger partial charge in [0.25, 0.3) is 0 Å². The van der Waals surface area contributed by atoms with Crippen LogP contribution in [-0.2, 0) is 47.5 Å². The van der Waals surface area contributed by atoms with Crippen LogP contribution in [0.25, 0.3) is 0 Å². The number of hydrogen-bond donors (Lipinski definition) is 4. The molecule has 4 aliphatic rings. The summed E-state index contributed by atoms with van der Waals surface area (Å²) in [5.41, 5.74) is -1.17. The van der Waals surface area contributed by atoms with E-state index in [2.05, 4.69) is 13.5 Å². The predicted octanol–water partition coefficient (Wildman–Crippen LogP) is 4.59. The maximum absolute atomic E-state index is 13.4. The topological polar surface area (TPSA) is 197 Å². The van der Waals surface area contributed by atoms with E-state index in [-0.39, 0.29) is 50.2 Å². The summed E-state index contributed by atoms with van der Waals surface area (Å²) in [5, 5.41) is 45.5. The first kappa shape index (κ1) is 45.0. The predicted molar refractivity (Wildman–Crippen MR) is 199 cm³/mol. The minimum atomic E-state index is -2.32. The number of rotatable bonds is 11. The lowest BCUT2D eigenvalue weighted by atomic mass is 9.74. The molecule has 3 saturated heterocycles. The standard InChI is InChI=1S/C41H64O14/c1-6-8-9-10-11-15-34(44)53-38-27(20-35(45)49-5)19-31-24-33(26-42)50-36(46)22-28(43)21-30-14-12-17-40(47,54-30)25-32-23-29(13-7-2)51-37(52-32)16-18-39(3,4)41(38,48)55-31/h7,16,18,20,28-33,37-38,42-43,47-48H,2,6,8-15,17,19,21-26H2,1,3-5H3/b18-16+,27-20+/t28-,29-,30+,31+,32+,33-,37+,38+,40-,41-/m1/s1. The number of unbranched alkanes of at least 4 members (excludes halogenated alkanes) is 4. The van der Waals surface area contributed by atoms with E-state index in [1.165, 1.54) is 7.11 Å². The largest absolute Gasteiger partial charge is 0.466 e. The average molecular weight is 781 g/mol. The van der Waals surface area contributed by atoms with Gasteiger partial charge in [0.1, 0.15) is 6.10 Å². The van der Waals surface area contributed by atoms with Gasteiger partial charge in [-0.05, 0) is 43.8 Å². The zero-order valence-corrected chi connectivity index (χ0v) is 33.0. The number of esters is 3. The molecule has 10 atom stereocenters. The van der Waals surface area contributed by atoms with Gasteiger partial charge < -0.3 is 53.6 Å². The first-order chi connectivity index (χ1) is 26.1. The van der Waals surface area contributed by atoms with Gasteiger partial charge in [0.15, 0.2) is 18.2 Å². The molecular formula is C41H64O14. The Morgan fingerprint density at radius 2 is 1.75 bits per heavy atom. The van der Waals surface area contributed by atoms with Crippen molar-refractivity contribution in [2.75, 3.05) is 13.7 Å². The van der Waals surface area contributed by atoms with E-state index in [9.17, 15) is 34.8 Å². The van der Waals surface area contributed by atoms with Crippen molar-refractivity contribution in [2.24, 2.45) is 5.41 Å². The highest BCUT2D eigenvalue weighted by Crippen LogP contribution is 2.47. The highest BCUT2D eigenvalue weighted by molar-refractivity contribution is 5.83. The highest BCUT2D eigenvalue weighted by atomic mass is 16.7. The van der Waals surface area contributed by atoms with Gasteiger partial charge in [-0.15, -0.1) is 6.58 Å². The van der Waals surface area contributed by atoms with Crippen molar-refractivity contribution >= 4 is 17.9 Å². The van der Waals surface area contributed by atoms with Crippen molar-refractivity contribution in [3.8, 4) is 0 Å². The summed E-state index contributed by atoms with van der Waals surface area (Å²) in [7, 11) is 1.20. The van der Waals surface area contributed by atoms with Crippen LogP contribution in [0.3, 0.4) is 0 Å². The van der Waals surface area contributed by atoms with Gasteiger partial charge in [0, 0.05) is 50.0 Å². The molecule has 0 aromatic rings. The SMILES string of the molecule is C=CC[C@@H]1C[C@H]2C[C@@]3(O)CCC[C@@H](C[C@@H](O)CC(=O)O[C@@H](CO)C[C@@H]4C/C(=C\C(=O)OC)[C@H](OC(=O)CCCCCCC)[C@@](O)(O4)C(C)(C)/C=C/[C@@H](O1)O2)O3. The molecule has 14 heteroatoms. The van der Waals surface area contributed by atoms with Crippen molar-refractivity contribution in [1.82, 2.24) is 0 Å². The molecule has 0 aliphatic carbocycles. The minimum absolute atomic E-state index is 0.0377. The van der Waals surface area contributed by atoms with Crippen LogP contribution in [0.15, 0.2) is 36.5 Å².